The van der Waals surface area contributed by atoms with Gasteiger partial charge in [-0.15, -0.1) is 0 Å². The summed E-state index contributed by atoms with van der Waals surface area (Å²) < 4.78 is 41.0. The van der Waals surface area contributed by atoms with Gasteiger partial charge < -0.3 is 10.3 Å². The van der Waals surface area contributed by atoms with E-state index in [0.29, 0.717) is 19.5 Å². The Bertz CT molecular complexity index is 1620. The van der Waals surface area contributed by atoms with Gasteiger partial charge in [-0.05, 0) is 36.2 Å². The van der Waals surface area contributed by atoms with Gasteiger partial charge in [0, 0.05) is 43.2 Å². The average molecular weight is 571 g/mol. The molecule has 0 spiro atoms. The Morgan fingerprint density at radius 3 is 2.62 bits per heavy atom. The van der Waals surface area contributed by atoms with Crippen molar-refractivity contribution in [2.75, 3.05) is 18.8 Å². The number of rotatable bonds is 7. The molecule has 1 saturated heterocycles. The van der Waals surface area contributed by atoms with Crippen LogP contribution in [0.25, 0.3) is 10.9 Å². The highest BCUT2D eigenvalue weighted by Crippen LogP contribution is 2.29. The Kier molecular flexibility index (Phi) is 7.80. The molecule has 198 valence electrons. The third kappa shape index (κ3) is 5.59. The maximum Gasteiger partial charge on any atom is 0.329 e. The van der Waals surface area contributed by atoms with Gasteiger partial charge in [0.25, 0.3) is 5.56 Å². The van der Waals surface area contributed by atoms with Gasteiger partial charge in [0.15, 0.2) is 9.84 Å². The summed E-state index contributed by atoms with van der Waals surface area (Å²) in [6, 6.07) is 5.08. The summed E-state index contributed by atoms with van der Waals surface area (Å²) >= 11 is 12.5. The molecule has 2 aromatic carbocycles. The highest BCUT2D eigenvalue weighted by atomic mass is 35.5. The van der Waals surface area contributed by atoms with Crippen LogP contribution in [0.2, 0.25) is 10.0 Å². The smallest absolute Gasteiger partial charge is 0.329 e. The summed E-state index contributed by atoms with van der Waals surface area (Å²) in [5.41, 5.74) is -1.38. The van der Waals surface area contributed by atoms with Crippen LogP contribution >= 0.6 is 23.2 Å². The standard InChI is InChI=1S/C24H25Cl2FN4O5S/c1-3-37(35,36)20-5-4-15(25)8-14(20)10-31-23(33)17-9-19(27)18(21(26)22(17)29-24(31)34)12-30-7-6-16(11-30)28-13(2)32/h4-5,8-9,16H,3,6-7,10-12H2,1-2H3,(H,28,32)(H,29,34)/t16-/m0/s1. The van der Waals surface area contributed by atoms with E-state index < -0.39 is 33.4 Å². The quantitative estimate of drug-likeness (QED) is 0.450. The van der Waals surface area contributed by atoms with Crippen LogP contribution in [0, 0.1) is 5.82 Å². The molecule has 1 aliphatic heterocycles. The third-order valence-electron chi connectivity index (χ3n) is 6.39. The monoisotopic (exact) mass is 570 g/mol. The number of hydrogen-bond donors (Lipinski definition) is 2. The number of halogens is 3. The topological polar surface area (TPSA) is 121 Å². The highest BCUT2D eigenvalue weighted by molar-refractivity contribution is 7.91. The van der Waals surface area contributed by atoms with E-state index in [1.54, 1.807) is 0 Å². The molecular formula is C24H25Cl2FN4O5S. The minimum absolute atomic E-state index is 0.00516. The molecule has 2 heterocycles. The van der Waals surface area contributed by atoms with Crippen molar-refractivity contribution in [3.8, 4) is 0 Å². The van der Waals surface area contributed by atoms with Crippen LogP contribution in [0.15, 0.2) is 38.8 Å². The molecule has 0 unspecified atom stereocenters. The molecular weight excluding hydrogens is 546 g/mol. The van der Waals surface area contributed by atoms with Crippen molar-refractivity contribution in [3.63, 3.8) is 0 Å². The number of amides is 1. The summed E-state index contributed by atoms with van der Waals surface area (Å²) in [4.78, 5) is 41.9. The second-order valence-electron chi connectivity index (χ2n) is 8.97. The van der Waals surface area contributed by atoms with Gasteiger partial charge in [-0.2, -0.15) is 0 Å². The second-order valence-corrected chi connectivity index (χ2v) is 12.0. The lowest BCUT2D eigenvalue weighted by Crippen LogP contribution is -2.36. The van der Waals surface area contributed by atoms with Crippen LogP contribution in [-0.2, 0) is 27.7 Å². The molecule has 1 amide bonds. The fourth-order valence-corrected chi connectivity index (χ4v) is 6.16. The Hall–Kier alpha value is -2.73. The van der Waals surface area contributed by atoms with Crippen molar-refractivity contribution in [3.05, 3.63) is 72.1 Å². The molecule has 0 saturated carbocycles. The number of nitrogens with one attached hydrogen (secondary N) is 2. The largest absolute Gasteiger partial charge is 0.352 e. The molecule has 1 aliphatic rings. The molecule has 1 aromatic heterocycles. The lowest BCUT2D eigenvalue weighted by molar-refractivity contribution is -0.119. The zero-order chi connectivity index (χ0) is 27.1. The first kappa shape index (κ1) is 27.3. The molecule has 0 bridgehead atoms. The number of fused-ring (bicyclic) bond motifs is 1. The maximum atomic E-state index is 15.2. The van der Waals surface area contributed by atoms with Gasteiger partial charge in [0.1, 0.15) is 5.82 Å². The first-order chi connectivity index (χ1) is 17.4. The number of nitrogens with zero attached hydrogens (tertiary/aromatic N) is 2. The van der Waals surface area contributed by atoms with Crippen LogP contribution in [-0.4, -0.2) is 53.7 Å². The van der Waals surface area contributed by atoms with E-state index >= 15 is 4.39 Å². The Labute approximate surface area is 222 Å². The molecule has 9 nitrogen and oxygen atoms in total. The fraction of sp³-hybridized carbons (Fsp3) is 0.375. The second kappa shape index (κ2) is 10.6. The first-order valence-corrected chi connectivity index (χ1v) is 14.0. The van der Waals surface area contributed by atoms with Crippen molar-refractivity contribution in [2.45, 2.75) is 44.3 Å². The zero-order valence-corrected chi connectivity index (χ0v) is 22.4. The van der Waals surface area contributed by atoms with E-state index in [2.05, 4.69) is 10.3 Å². The van der Waals surface area contributed by atoms with Gasteiger partial charge >= 0.3 is 5.69 Å². The molecule has 0 aliphatic carbocycles. The minimum Gasteiger partial charge on any atom is -0.352 e. The van der Waals surface area contributed by atoms with Crippen LogP contribution in [0.4, 0.5) is 4.39 Å². The SMILES string of the molecule is CCS(=O)(=O)c1ccc(Cl)cc1Cn1c(=O)[nH]c2c(Cl)c(CN3CC[C@H](NC(C)=O)C3)c(F)cc2c1=O. The first-order valence-electron chi connectivity index (χ1n) is 11.6. The predicted octanol–water partition coefficient (Wildman–Crippen LogP) is 2.69. The third-order valence-corrected chi connectivity index (χ3v) is 8.87. The Balaban J connectivity index is 1.73. The van der Waals surface area contributed by atoms with Crippen molar-refractivity contribution in [1.82, 2.24) is 19.8 Å². The number of H-pyrrole nitrogens is 1. The zero-order valence-electron chi connectivity index (χ0n) is 20.1. The molecule has 13 heteroatoms. The lowest BCUT2D eigenvalue weighted by Gasteiger charge is -2.19. The summed E-state index contributed by atoms with van der Waals surface area (Å²) in [6.07, 6.45) is 0.702. The van der Waals surface area contributed by atoms with E-state index in [1.165, 1.54) is 32.0 Å². The predicted molar refractivity (Wildman–Crippen MR) is 140 cm³/mol. The summed E-state index contributed by atoms with van der Waals surface area (Å²) in [5, 5.41) is 2.83. The molecule has 3 aromatic rings. The maximum absolute atomic E-state index is 15.2. The number of aromatic nitrogens is 2. The minimum atomic E-state index is -3.67. The van der Waals surface area contributed by atoms with Gasteiger partial charge in [0.05, 0.1) is 33.1 Å². The summed E-state index contributed by atoms with van der Waals surface area (Å²) in [5.74, 6) is -1.04. The van der Waals surface area contributed by atoms with Crippen molar-refractivity contribution >= 4 is 49.8 Å². The van der Waals surface area contributed by atoms with E-state index in [-0.39, 0.29) is 61.2 Å². The molecule has 37 heavy (non-hydrogen) atoms. The van der Waals surface area contributed by atoms with E-state index in [0.717, 1.165) is 10.6 Å². The summed E-state index contributed by atoms with van der Waals surface area (Å²) in [7, 11) is -3.67. The van der Waals surface area contributed by atoms with Gasteiger partial charge in [0.2, 0.25) is 5.91 Å². The molecule has 1 fully saturated rings. The molecule has 0 radical (unpaired) electrons. The Morgan fingerprint density at radius 2 is 1.95 bits per heavy atom. The number of benzene rings is 2. The van der Waals surface area contributed by atoms with Gasteiger partial charge in [-0.3, -0.25) is 19.1 Å². The highest BCUT2D eigenvalue weighted by Gasteiger charge is 2.26. The van der Waals surface area contributed by atoms with E-state index in [4.69, 9.17) is 23.2 Å². The van der Waals surface area contributed by atoms with E-state index in [9.17, 15) is 22.8 Å². The number of carbonyl (C=O) groups is 1. The van der Waals surface area contributed by atoms with Crippen LogP contribution in [0.3, 0.4) is 0 Å². The normalized spacial score (nSPS) is 16.4. The average Bonchev–Trinajstić information content (AvgIpc) is 3.26. The van der Waals surface area contributed by atoms with Crippen molar-refractivity contribution in [1.29, 1.82) is 0 Å². The van der Waals surface area contributed by atoms with Gasteiger partial charge in [-0.25, -0.2) is 17.6 Å². The fourth-order valence-electron chi connectivity index (χ4n) is 4.56. The van der Waals surface area contributed by atoms with Crippen LogP contribution < -0.4 is 16.6 Å². The number of hydrogen-bond acceptors (Lipinski definition) is 6. The number of sulfone groups is 1. The van der Waals surface area contributed by atoms with E-state index in [1.807, 2.05) is 4.90 Å². The number of aromatic amines is 1. The lowest BCUT2D eigenvalue weighted by atomic mass is 10.1. The van der Waals surface area contributed by atoms with Crippen molar-refractivity contribution < 1.29 is 17.6 Å². The molecule has 1 atom stereocenters. The molecule has 4 rings (SSSR count). The van der Waals surface area contributed by atoms with Crippen LogP contribution in [0.5, 0.6) is 0 Å². The van der Waals surface area contributed by atoms with Crippen LogP contribution in [0.1, 0.15) is 31.4 Å². The Morgan fingerprint density at radius 1 is 1.22 bits per heavy atom. The van der Waals surface area contributed by atoms with Gasteiger partial charge in [-0.1, -0.05) is 30.1 Å². The number of carbonyl (C=O) groups excluding carboxylic acids is 1. The molecule has 2 N–H and O–H groups in total. The summed E-state index contributed by atoms with van der Waals surface area (Å²) in [6.45, 7) is 3.77. The number of likely N-dealkylation sites (tertiary alicyclic amines) is 1. The van der Waals surface area contributed by atoms with Crippen molar-refractivity contribution in [2.24, 2.45) is 0 Å².